The van der Waals surface area contributed by atoms with Gasteiger partial charge in [0.15, 0.2) is 6.79 Å². The maximum Gasteiger partial charge on any atom is 0.416 e. The van der Waals surface area contributed by atoms with Gasteiger partial charge in [-0.2, -0.15) is 26.3 Å². The molecule has 1 aromatic heterocycles. The number of halogens is 6. The van der Waals surface area contributed by atoms with Crippen LogP contribution in [0.25, 0.3) is 0 Å². The van der Waals surface area contributed by atoms with E-state index >= 15 is 0 Å². The van der Waals surface area contributed by atoms with Gasteiger partial charge in [-0.15, -0.1) is 0 Å². The van der Waals surface area contributed by atoms with E-state index in [4.69, 9.17) is 14.2 Å². The van der Waals surface area contributed by atoms with Crippen LogP contribution >= 0.6 is 0 Å². The van der Waals surface area contributed by atoms with Crippen molar-refractivity contribution in [3.8, 4) is 5.75 Å². The Morgan fingerprint density at radius 2 is 1.68 bits per heavy atom. The molecule has 4 rings (SSSR count). The summed E-state index contributed by atoms with van der Waals surface area (Å²) in [4.78, 5) is 21.3. The molecule has 2 aromatic carbocycles. The first kappa shape index (κ1) is 33.2. The number of nitrogens with zero attached hydrogens (tertiary/aromatic N) is 3. The van der Waals surface area contributed by atoms with Crippen molar-refractivity contribution in [2.45, 2.75) is 38.3 Å². The van der Waals surface area contributed by atoms with Crippen molar-refractivity contribution in [3.05, 3.63) is 94.3 Å². The minimum absolute atomic E-state index is 0.0162. The highest BCUT2D eigenvalue weighted by molar-refractivity contribution is 5.95. The number of aromatic nitrogens is 1. The lowest BCUT2D eigenvalue weighted by Gasteiger charge is -2.42. The second kappa shape index (κ2) is 14.4. The van der Waals surface area contributed by atoms with Gasteiger partial charge in [0.25, 0.3) is 5.91 Å². The molecule has 0 radical (unpaired) electrons. The first-order valence-electron chi connectivity index (χ1n) is 13.9. The number of hydrogen-bond donors (Lipinski definition) is 0. The van der Waals surface area contributed by atoms with Crippen LogP contribution < -0.4 is 4.74 Å². The van der Waals surface area contributed by atoms with Crippen molar-refractivity contribution in [2.75, 3.05) is 46.8 Å². The number of methoxy groups -OCH3 is 1. The van der Waals surface area contributed by atoms with E-state index in [1.807, 2.05) is 25.1 Å². The largest absolute Gasteiger partial charge is 0.467 e. The van der Waals surface area contributed by atoms with Crippen LogP contribution in [0, 0.1) is 6.92 Å². The third-order valence-corrected chi connectivity index (χ3v) is 7.24. The molecule has 238 valence electrons. The smallest absolute Gasteiger partial charge is 0.416 e. The Kier molecular flexibility index (Phi) is 10.9. The Morgan fingerprint density at radius 1 is 0.955 bits per heavy atom. The van der Waals surface area contributed by atoms with Crippen molar-refractivity contribution < 1.29 is 45.3 Å². The average molecular weight is 626 g/mol. The summed E-state index contributed by atoms with van der Waals surface area (Å²) in [6.45, 7) is 3.88. The number of piperazine rings is 1. The lowest BCUT2D eigenvalue weighted by Crippen LogP contribution is -2.55. The summed E-state index contributed by atoms with van der Waals surface area (Å²) in [5.74, 6) is -0.351. The average Bonchev–Trinajstić information content (AvgIpc) is 2.98. The third-order valence-electron chi connectivity index (χ3n) is 7.24. The molecule has 1 atom stereocenters. The van der Waals surface area contributed by atoms with Crippen LogP contribution in [0.5, 0.6) is 5.75 Å². The normalized spacial score (nSPS) is 16.3. The Balaban J connectivity index is 1.62. The summed E-state index contributed by atoms with van der Waals surface area (Å²) >= 11 is 0. The Hall–Kier alpha value is -3.68. The molecule has 1 saturated heterocycles. The van der Waals surface area contributed by atoms with Crippen LogP contribution in [0.4, 0.5) is 26.3 Å². The molecular weight excluding hydrogens is 592 g/mol. The molecule has 0 spiro atoms. The SMILES string of the molecule is COCCOCOc1cc(C[C@@H]2CN(Cc3cccnc3)CCN2C(=O)c2cc(C(F)(F)F)cc(C(F)(F)F)c2)ccc1C. The minimum atomic E-state index is -5.07. The van der Waals surface area contributed by atoms with Crippen molar-refractivity contribution in [2.24, 2.45) is 0 Å². The lowest BCUT2D eigenvalue weighted by atomic mass is 9.98. The van der Waals surface area contributed by atoms with Gasteiger partial charge in [-0.05, 0) is 60.4 Å². The molecule has 44 heavy (non-hydrogen) atoms. The van der Waals surface area contributed by atoms with E-state index in [2.05, 4.69) is 9.88 Å². The number of benzene rings is 2. The van der Waals surface area contributed by atoms with Gasteiger partial charge >= 0.3 is 12.4 Å². The quantitative estimate of drug-likeness (QED) is 0.148. The fourth-order valence-electron chi connectivity index (χ4n) is 5.00. The first-order valence-corrected chi connectivity index (χ1v) is 13.9. The van der Waals surface area contributed by atoms with Gasteiger partial charge in [0.05, 0.1) is 24.3 Å². The molecule has 7 nitrogen and oxygen atoms in total. The summed E-state index contributed by atoms with van der Waals surface area (Å²) in [6, 6.07) is 9.61. The predicted octanol–water partition coefficient (Wildman–Crippen LogP) is 6.00. The van der Waals surface area contributed by atoms with E-state index in [1.54, 1.807) is 31.6 Å². The monoisotopic (exact) mass is 625 g/mol. The second-order valence-corrected chi connectivity index (χ2v) is 10.5. The van der Waals surface area contributed by atoms with Crippen molar-refractivity contribution in [1.82, 2.24) is 14.8 Å². The summed E-state index contributed by atoms with van der Waals surface area (Å²) < 4.78 is 97.4. The number of pyridine rings is 1. The van der Waals surface area contributed by atoms with E-state index in [0.29, 0.717) is 50.7 Å². The standard InChI is InChI=1S/C31H33F6N3O4/c1-21-5-6-22(13-28(21)44-20-43-11-10-42-2)12-27-19-39(18-23-4-3-7-38-17-23)8-9-40(27)29(41)24-14-25(30(32,33)34)16-26(15-24)31(35,36)37/h3-7,13-17,27H,8-12,18-20H2,1-2H3/t27-/m1/s1. The molecular formula is C31H33F6N3O4. The topological polar surface area (TPSA) is 64.1 Å². The maximum absolute atomic E-state index is 13.7. The van der Waals surface area contributed by atoms with Gasteiger partial charge in [0, 0.05) is 57.3 Å². The Morgan fingerprint density at radius 3 is 2.32 bits per heavy atom. The van der Waals surface area contributed by atoms with E-state index in [1.165, 1.54) is 4.90 Å². The number of ether oxygens (including phenoxy) is 3. The Bertz CT molecular complexity index is 1370. The summed E-state index contributed by atoms with van der Waals surface area (Å²) in [6.07, 6.45) is -6.49. The van der Waals surface area contributed by atoms with Crippen LogP contribution in [0.1, 0.15) is 38.2 Å². The zero-order chi connectivity index (χ0) is 31.9. The van der Waals surface area contributed by atoms with Crippen LogP contribution in [0.15, 0.2) is 60.9 Å². The first-order chi connectivity index (χ1) is 20.8. The summed E-state index contributed by atoms with van der Waals surface area (Å²) in [7, 11) is 1.55. The number of amides is 1. The number of rotatable bonds is 11. The molecule has 0 unspecified atom stereocenters. The van der Waals surface area contributed by atoms with Crippen molar-refractivity contribution >= 4 is 5.91 Å². The van der Waals surface area contributed by atoms with E-state index < -0.39 is 41.0 Å². The fraction of sp³-hybridized carbons (Fsp3) is 0.419. The molecule has 1 aliphatic heterocycles. The molecule has 0 aliphatic carbocycles. The fourth-order valence-corrected chi connectivity index (χ4v) is 5.00. The number of aryl methyl sites for hydroxylation is 1. The second-order valence-electron chi connectivity index (χ2n) is 10.5. The van der Waals surface area contributed by atoms with Gasteiger partial charge < -0.3 is 19.1 Å². The summed E-state index contributed by atoms with van der Waals surface area (Å²) in [5, 5.41) is 0. The molecule has 0 N–H and O–H groups in total. The Labute approximate surface area is 251 Å². The summed E-state index contributed by atoms with van der Waals surface area (Å²) in [5.41, 5.74) is -1.20. The number of carbonyl (C=O) groups is 1. The minimum Gasteiger partial charge on any atom is -0.467 e. The molecule has 1 fully saturated rings. The van der Waals surface area contributed by atoms with Crippen LogP contribution in [-0.2, 0) is 34.8 Å². The highest BCUT2D eigenvalue weighted by Gasteiger charge is 2.39. The highest BCUT2D eigenvalue weighted by Crippen LogP contribution is 2.37. The van der Waals surface area contributed by atoms with E-state index in [9.17, 15) is 31.1 Å². The van der Waals surface area contributed by atoms with Crippen LogP contribution in [0.3, 0.4) is 0 Å². The molecule has 1 aliphatic rings. The molecule has 1 amide bonds. The van der Waals surface area contributed by atoms with Gasteiger partial charge in [-0.3, -0.25) is 14.7 Å². The zero-order valence-corrected chi connectivity index (χ0v) is 24.3. The number of carbonyl (C=O) groups excluding carboxylic acids is 1. The van der Waals surface area contributed by atoms with Gasteiger partial charge in [-0.1, -0.05) is 18.2 Å². The van der Waals surface area contributed by atoms with Gasteiger partial charge in [0.2, 0.25) is 0 Å². The maximum atomic E-state index is 13.7. The van der Waals surface area contributed by atoms with E-state index in [0.717, 1.165) is 16.7 Å². The van der Waals surface area contributed by atoms with E-state index in [-0.39, 0.29) is 25.8 Å². The number of hydrogen-bond acceptors (Lipinski definition) is 6. The van der Waals surface area contributed by atoms with Crippen molar-refractivity contribution in [3.63, 3.8) is 0 Å². The molecule has 0 saturated carbocycles. The number of alkyl halides is 6. The predicted molar refractivity (Wildman–Crippen MR) is 149 cm³/mol. The highest BCUT2D eigenvalue weighted by atomic mass is 19.4. The van der Waals surface area contributed by atoms with Gasteiger partial charge in [-0.25, -0.2) is 0 Å². The van der Waals surface area contributed by atoms with Crippen molar-refractivity contribution in [1.29, 1.82) is 0 Å². The molecule has 2 heterocycles. The molecule has 3 aromatic rings. The third kappa shape index (κ3) is 8.93. The van der Waals surface area contributed by atoms with Crippen LogP contribution in [0.2, 0.25) is 0 Å². The molecule has 0 bridgehead atoms. The zero-order valence-electron chi connectivity index (χ0n) is 24.3. The van der Waals surface area contributed by atoms with Crippen LogP contribution in [-0.4, -0.2) is 73.5 Å². The molecule has 13 heteroatoms. The lowest BCUT2D eigenvalue weighted by molar-refractivity contribution is -0.143. The van der Waals surface area contributed by atoms with Gasteiger partial charge in [0.1, 0.15) is 5.75 Å².